The lowest BCUT2D eigenvalue weighted by molar-refractivity contribution is -0.146. The molecule has 0 unspecified atom stereocenters. The Morgan fingerprint density at radius 1 is 1.18 bits per heavy atom. The maximum absolute atomic E-state index is 12.5. The Kier molecular flexibility index (Phi) is 3.88. The standard InChI is InChI=1S/C17H19NO4/c1-2-22-13-7-5-12(6-8-13)18-16(19)14-10-3-4-11(9-10)15(14)17(20)21/h3-8,10-11,14-15H,2,9H2,1H3,(H,18,19)(H,20,21)/t10-,11-,14-,15-/m0/s1. The minimum atomic E-state index is -0.885. The summed E-state index contributed by atoms with van der Waals surface area (Å²) < 4.78 is 5.35. The van der Waals surface area contributed by atoms with Crippen LogP contribution in [0.25, 0.3) is 0 Å². The van der Waals surface area contributed by atoms with Gasteiger partial charge in [-0.25, -0.2) is 0 Å². The van der Waals surface area contributed by atoms with Crippen molar-refractivity contribution in [3.05, 3.63) is 36.4 Å². The molecule has 0 radical (unpaired) electrons. The minimum absolute atomic E-state index is 0.0152. The van der Waals surface area contributed by atoms with E-state index in [4.69, 9.17) is 4.74 Å². The monoisotopic (exact) mass is 301 g/mol. The molecule has 0 aliphatic heterocycles. The number of carbonyl (C=O) groups excluding carboxylic acids is 1. The van der Waals surface area contributed by atoms with Gasteiger partial charge < -0.3 is 15.2 Å². The molecule has 2 N–H and O–H groups in total. The Morgan fingerprint density at radius 2 is 1.82 bits per heavy atom. The van der Waals surface area contributed by atoms with E-state index >= 15 is 0 Å². The molecule has 1 aromatic carbocycles. The SMILES string of the molecule is CCOc1ccc(NC(=O)[C@@H]2[C@@H](C(=O)O)[C@H]3C=C[C@H]2C3)cc1. The first-order valence-corrected chi connectivity index (χ1v) is 7.55. The minimum Gasteiger partial charge on any atom is -0.494 e. The van der Waals surface area contributed by atoms with E-state index in [-0.39, 0.29) is 17.7 Å². The number of benzene rings is 1. The summed E-state index contributed by atoms with van der Waals surface area (Å²) in [5.74, 6) is -1.44. The summed E-state index contributed by atoms with van der Waals surface area (Å²) in [5, 5.41) is 12.2. The van der Waals surface area contributed by atoms with Gasteiger partial charge in [0.1, 0.15) is 5.75 Å². The van der Waals surface area contributed by atoms with E-state index in [0.29, 0.717) is 12.3 Å². The van der Waals surface area contributed by atoms with Gasteiger partial charge in [0.15, 0.2) is 0 Å². The molecule has 0 saturated heterocycles. The zero-order valence-electron chi connectivity index (χ0n) is 12.4. The summed E-state index contributed by atoms with van der Waals surface area (Å²) in [7, 11) is 0. The molecule has 22 heavy (non-hydrogen) atoms. The zero-order valence-corrected chi connectivity index (χ0v) is 12.4. The Balaban J connectivity index is 1.71. The van der Waals surface area contributed by atoms with E-state index in [1.807, 2.05) is 19.1 Å². The molecule has 1 fully saturated rings. The first kappa shape index (κ1) is 14.6. The molecule has 5 heteroatoms. The van der Waals surface area contributed by atoms with E-state index in [1.165, 1.54) is 0 Å². The number of rotatable bonds is 5. The maximum atomic E-state index is 12.5. The van der Waals surface area contributed by atoms with E-state index in [1.54, 1.807) is 24.3 Å². The van der Waals surface area contributed by atoms with Gasteiger partial charge in [-0.05, 0) is 49.4 Å². The van der Waals surface area contributed by atoms with Crippen LogP contribution in [0.15, 0.2) is 36.4 Å². The van der Waals surface area contributed by atoms with E-state index in [0.717, 1.165) is 12.2 Å². The van der Waals surface area contributed by atoms with Gasteiger partial charge in [-0.1, -0.05) is 12.2 Å². The van der Waals surface area contributed by atoms with Crippen molar-refractivity contribution >= 4 is 17.6 Å². The van der Waals surface area contributed by atoms with Gasteiger partial charge in [-0.3, -0.25) is 9.59 Å². The van der Waals surface area contributed by atoms with Crippen LogP contribution < -0.4 is 10.1 Å². The topological polar surface area (TPSA) is 75.6 Å². The van der Waals surface area contributed by atoms with Crippen LogP contribution in [-0.4, -0.2) is 23.6 Å². The Bertz CT molecular complexity index is 608. The summed E-state index contributed by atoms with van der Waals surface area (Å²) in [5.41, 5.74) is 0.657. The van der Waals surface area contributed by atoms with Crippen molar-refractivity contribution in [1.82, 2.24) is 0 Å². The van der Waals surface area contributed by atoms with E-state index in [2.05, 4.69) is 5.32 Å². The van der Waals surface area contributed by atoms with E-state index in [9.17, 15) is 14.7 Å². The number of nitrogens with one attached hydrogen (secondary N) is 1. The fourth-order valence-electron chi connectivity index (χ4n) is 3.54. The van der Waals surface area contributed by atoms with Crippen LogP contribution in [0, 0.1) is 23.7 Å². The van der Waals surface area contributed by atoms with Crippen LogP contribution in [0.2, 0.25) is 0 Å². The Hall–Kier alpha value is -2.30. The quantitative estimate of drug-likeness (QED) is 0.820. The Labute approximate surface area is 129 Å². The highest BCUT2D eigenvalue weighted by Crippen LogP contribution is 2.48. The molecule has 2 bridgehead atoms. The Morgan fingerprint density at radius 3 is 2.41 bits per heavy atom. The summed E-state index contributed by atoms with van der Waals surface area (Å²) in [6.07, 6.45) is 4.68. The third-order valence-electron chi connectivity index (χ3n) is 4.48. The molecule has 0 spiro atoms. The van der Waals surface area contributed by atoms with Crippen molar-refractivity contribution in [3.8, 4) is 5.75 Å². The molecule has 5 nitrogen and oxygen atoms in total. The average Bonchev–Trinajstić information content (AvgIpc) is 3.10. The van der Waals surface area contributed by atoms with Crippen LogP contribution >= 0.6 is 0 Å². The van der Waals surface area contributed by atoms with Crippen LogP contribution in [-0.2, 0) is 9.59 Å². The highest BCUT2D eigenvalue weighted by Gasteiger charge is 2.51. The molecule has 1 saturated carbocycles. The number of carbonyl (C=O) groups is 2. The third-order valence-corrected chi connectivity index (χ3v) is 4.48. The normalized spacial score (nSPS) is 28.6. The predicted molar refractivity (Wildman–Crippen MR) is 81.6 cm³/mol. The number of fused-ring (bicyclic) bond motifs is 2. The van der Waals surface area contributed by atoms with Crippen molar-refractivity contribution in [3.63, 3.8) is 0 Å². The van der Waals surface area contributed by atoms with Crippen LogP contribution in [0.3, 0.4) is 0 Å². The third kappa shape index (κ3) is 2.58. The number of aliphatic carboxylic acids is 1. The van der Waals surface area contributed by atoms with Gasteiger partial charge in [-0.15, -0.1) is 0 Å². The van der Waals surface area contributed by atoms with Crippen LogP contribution in [0.1, 0.15) is 13.3 Å². The molecule has 1 aromatic rings. The lowest BCUT2D eigenvalue weighted by Crippen LogP contribution is -2.36. The molecule has 0 aromatic heterocycles. The zero-order chi connectivity index (χ0) is 15.7. The van der Waals surface area contributed by atoms with Crippen LogP contribution in [0.4, 0.5) is 5.69 Å². The number of hydrogen-bond donors (Lipinski definition) is 2. The van der Waals surface area contributed by atoms with Gasteiger partial charge in [0, 0.05) is 5.69 Å². The van der Waals surface area contributed by atoms with Crippen molar-refractivity contribution in [2.24, 2.45) is 23.7 Å². The molecule has 116 valence electrons. The lowest BCUT2D eigenvalue weighted by atomic mass is 9.82. The van der Waals surface area contributed by atoms with Gasteiger partial charge in [0.2, 0.25) is 5.91 Å². The number of allylic oxidation sites excluding steroid dienone is 2. The maximum Gasteiger partial charge on any atom is 0.307 e. The number of carboxylic acid groups (broad SMARTS) is 1. The molecular formula is C17H19NO4. The van der Waals surface area contributed by atoms with E-state index < -0.39 is 17.8 Å². The van der Waals surface area contributed by atoms with Crippen molar-refractivity contribution < 1.29 is 19.4 Å². The molecule has 2 aliphatic rings. The summed E-state index contributed by atoms with van der Waals surface area (Å²) in [6, 6.07) is 7.10. The molecule has 4 atom stereocenters. The van der Waals surface area contributed by atoms with Crippen molar-refractivity contribution in [2.45, 2.75) is 13.3 Å². The van der Waals surface area contributed by atoms with Gasteiger partial charge in [0.05, 0.1) is 18.4 Å². The summed E-state index contributed by atoms with van der Waals surface area (Å²) in [4.78, 5) is 23.9. The lowest BCUT2D eigenvalue weighted by Gasteiger charge is -2.23. The predicted octanol–water partition coefficient (Wildman–Crippen LogP) is 2.55. The first-order chi connectivity index (χ1) is 10.6. The second-order valence-electron chi connectivity index (χ2n) is 5.78. The fraction of sp³-hybridized carbons (Fsp3) is 0.412. The first-order valence-electron chi connectivity index (χ1n) is 7.55. The largest absolute Gasteiger partial charge is 0.494 e. The molecule has 3 rings (SSSR count). The van der Waals surface area contributed by atoms with Crippen molar-refractivity contribution in [1.29, 1.82) is 0 Å². The molecule has 2 aliphatic carbocycles. The number of anilines is 1. The van der Waals surface area contributed by atoms with Crippen LogP contribution in [0.5, 0.6) is 5.75 Å². The molecular weight excluding hydrogens is 282 g/mol. The van der Waals surface area contributed by atoms with Crippen molar-refractivity contribution in [2.75, 3.05) is 11.9 Å². The van der Waals surface area contributed by atoms with Gasteiger partial charge >= 0.3 is 5.97 Å². The average molecular weight is 301 g/mol. The number of ether oxygens (including phenoxy) is 1. The number of carboxylic acids is 1. The second kappa shape index (κ2) is 5.83. The number of hydrogen-bond acceptors (Lipinski definition) is 3. The summed E-state index contributed by atoms with van der Waals surface area (Å²) >= 11 is 0. The van der Waals surface area contributed by atoms with Gasteiger partial charge in [0.25, 0.3) is 0 Å². The highest BCUT2D eigenvalue weighted by atomic mass is 16.5. The highest BCUT2D eigenvalue weighted by molar-refractivity contribution is 5.96. The van der Waals surface area contributed by atoms with Gasteiger partial charge in [-0.2, -0.15) is 0 Å². The molecule has 0 heterocycles. The summed E-state index contributed by atoms with van der Waals surface area (Å²) in [6.45, 7) is 2.49. The number of amides is 1. The smallest absolute Gasteiger partial charge is 0.307 e. The fourth-order valence-corrected chi connectivity index (χ4v) is 3.54. The second-order valence-corrected chi connectivity index (χ2v) is 5.78. The molecule has 1 amide bonds.